The summed E-state index contributed by atoms with van der Waals surface area (Å²) in [7, 11) is 1.51. The van der Waals surface area contributed by atoms with Gasteiger partial charge >= 0.3 is 5.97 Å². The first-order valence-corrected chi connectivity index (χ1v) is 6.05. The summed E-state index contributed by atoms with van der Waals surface area (Å²) in [5.41, 5.74) is 1.07. The van der Waals surface area contributed by atoms with Crippen LogP contribution in [0.15, 0.2) is 30.3 Å². The minimum Gasteiger partial charge on any atom is -0.425 e. The van der Waals surface area contributed by atoms with Crippen molar-refractivity contribution in [2.75, 3.05) is 7.11 Å². The van der Waals surface area contributed by atoms with Crippen LogP contribution >= 0.6 is 0 Å². The van der Waals surface area contributed by atoms with E-state index in [4.69, 9.17) is 9.47 Å². The van der Waals surface area contributed by atoms with Crippen molar-refractivity contribution in [1.29, 1.82) is 0 Å². The minimum absolute atomic E-state index is 0.0878. The van der Waals surface area contributed by atoms with E-state index < -0.39 is 6.10 Å². The van der Waals surface area contributed by atoms with Gasteiger partial charge in [-0.2, -0.15) is 0 Å². The zero-order valence-electron chi connectivity index (χ0n) is 11.3. The van der Waals surface area contributed by atoms with Crippen LogP contribution < -0.4 is 4.74 Å². The third kappa shape index (κ3) is 4.00. The van der Waals surface area contributed by atoms with Gasteiger partial charge in [-0.3, -0.25) is 0 Å². The van der Waals surface area contributed by atoms with E-state index in [2.05, 4.69) is 0 Å². The lowest BCUT2D eigenvalue weighted by Gasteiger charge is -2.17. The van der Waals surface area contributed by atoms with Crippen LogP contribution in [0.5, 0.6) is 5.75 Å². The summed E-state index contributed by atoms with van der Waals surface area (Å²) in [6.45, 7) is 5.80. The van der Waals surface area contributed by atoms with Crippen molar-refractivity contribution in [2.45, 2.75) is 26.9 Å². The number of allylic oxidation sites excluding steroid dienone is 1. The monoisotopic (exact) mass is 248 g/mol. The smallest absolute Gasteiger partial charge is 0.340 e. The lowest BCUT2D eigenvalue weighted by atomic mass is 10.1. The van der Waals surface area contributed by atoms with Crippen molar-refractivity contribution in [3.05, 3.63) is 35.9 Å². The molecule has 0 radical (unpaired) electrons. The lowest BCUT2D eigenvalue weighted by Crippen LogP contribution is -2.32. The van der Waals surface area contributed by atoms with Crippen LogP contribution in [0.3, 0.4) is 0 Å². The molecular formula is C15H20O3. The summed E-state index contributed by atoms with van der Waals surface area (Å²) in [4.78, 5) is 11.8. The zero-order chi connectivity index (χ0) is 13.5. The fourth-order valence-electron chi connectivity index (χ4n) is 1.65. The average molecular weight is 248 g/mol. The van der Waals surface area contributed by atoms with Crippen LogP contribution in [-0.2, 0) is 9.53 Å². The molecule has 0 amide bonds. The number of hydrogen-bond donors (Lipinski definition) is 0. The Hall–Kier alpha value is -1.61. The van der Waals surface area contributed by atoms with E-state index in [1.165, 1.54) is 7.11 Å². The number of carbonyl (C=O) groups is 1. The van der Waals surface area contributed by atoms with Crippen molar-refractivity contribution >= 4 is 12.0 Å². The van der Waals surface area contributed by atoms with Gasteiger partial charge in [-0.15, -0.1) is 0 Å². The Labute approximate surface area is 108 Å². The molecule has 1 unspecified atom stereocenters. The van der Waals surface area contributed by atoms with E-state index in [9.17, 15) is 4.79 Å². The molecule has 0 N–H and O–H groups in total. The first-order chi connectivity index (χ1) is 8.58. The number of benzene rings is 1. The molecule has 0 heterocycles. The highest BCUT2D eigenvalue weighted by atomic mass is 16.6. The van der Waals surface area contributed by atoms with E-state index >= 15 is 0 Å². The van der Waals surface area contributed by atoms with Crippen LogP contribution in [0.1, 0.15) is 26.3 Å². The third-order valence-corrected chi connectivity index (χ3v) is 2.55. The van der Waals surface area contributed by atoms with Crippen molar-refractivity contribution in [2.24, 2.45) is 5.92 Å². The van der Waals surface area contributed by atoms with Gasteiger partial charge in [0.2, 0.25) is 0 Å². The molecule has 18 heavy (non-hydrogen) atoms. The van der Waals surface area contributed by atoms with Gasteiger partial charge < -0.3 is 9.47 Å². The van der Waals surface area contributed by atoms with Crippen LogP contribution in [0, 0.1) is 5.92 Å². The molecule has 0 bridgehead atoms. The molecule has 98 valence electrons. The van der Waals surface area contributed by atoms with Gasteiger partial charge in [0, 0.05) is 7.11 Å². The molecule has 1 aromatic rings. The topological polar surface area (TPSA) is 35.5 Å². The fraction of sp³-hybridized carbons (Fsp3) is 0.400. The summed E-state index contributed by atoms with van der Waals surface area (Å²) in [5.74, 6) is 0.270. The Morgan fingerprint density at radius 2 is 1.83 bits per heavy atom. The Morgan fingerprint density at radius 3 is 2.28 bits per heavy atom. The molecule has 1 atom stereocenters. The maximum atomic E-state index is 11.8. The van der Waals surface area contributed by atoms with Crippen molar-refractivity contribution in [1.82, 2.24) is 0 Å². The van der Waals surface area contributed by atoms with Crippen molar-refractivity contribution in [3.8, 4) is 5.75 Å². The van der Waals surface area contributed by atoms with Crippen LogP contribution in [0.4, 0.5) is 0 Å². The predicted molar refractivity (Wildman–Crippen MR) is 72.4 cm³/mol. The molecule has 1 rings (SSSR count). The third-order valence-electron chi connectivity index (χ3n) is 2.55. The molecule has 0 aliphatic carbocycles. The molecule has 1 aromatic carbocycles. The molecule has 0 saturated heterocycles. The lowest BCUT2D eigenvalue weighted by molar-refractivity contribution is -0.148. The minimum atomic E-state index is -0.528. The highest BCUT2D eigenvalue weighted by molar-refractivity contribution is 5.77. The average Bonchev–Trinajstić information content (AvgIpc) is 2.32. The Balaban J connectivity index is 2.69. The van der Waals surface area contributed by atoms with Crippen LogP contribution in [-0.4, -0.2) is 19.2 Å². The number of methoxy groups -OCH3 is 1. The molecule has 0 fully saturated rings. The summed E-state index contributed by atoms with van der Waals surface area (Å²) in [6.07, 6.45) is 3.42. The SMILES string of the molecule is C/C=C/c1ccc(OC(=O)C(OC)C(C)C)cc1. The van der Waals surface area contributed by atoms with E-state index in [-0.39, 0.29) is 11.9 Å². The molecule has 3 heteroatoms. The number of ether oxygens (including phenoxy) is 2. The maximum absolute atomic E-state index is 11.8. The van der Waals surface area contributed by atoms with Gasteiger partial charge in [0.1, 0.15) is 5.75 Å². The quantitative estimate of drug-likeness (QED) is 0.592. The van der Waals surface area contributed by atoms with E-state index in [1.54, 1.807) is 12.1 Å². The maximum Gasteiger partial charge on any atom is 0.340 e. The fourth-order valence-corrected chi connectivity index (χ4v) is 1.65. The zero-order valence-corrected chi connectivity index (χ0v) is 11.3. The molecule has 0 aliphatic heterocycles. The number of rotatable bonds is 5. The van der Waals surface area contributed by atoms with Gasteiger partial charge in [-0.1, -0.05) is 38.1 Å². The second-order valence-electron chi connectivity index (χ2n) is 4.39. The standard InChI is InChI=1S/C15H20O3/c1-5-6-12-7-9-13(10-8-12)18-15(16)14(17-4)11(2)3/h5-11,14H,1-4H3/b6-5+. The molecule has 0 spiro atoms. The number of carbonyl (C=O) groups excluding carboxylic acids is 1. The Bertz CT molecular complexity index is 404. The molecule has 0 aromatic heterocycles. The van der Waals surface area contributed by atoms with Gasteiger partial charge in [0.05, 0.1) is 0 Å². The molecule has 0 aliphatic rings. The molecular weight excluding hydrogens is 228 g/mol. The normalized spacial score (nSPS) is 12.9. The number of esters is 1. The van der Waals surface area contributed by atoms with Gasteiger partial charge in [-0.05, 0) is 30.5 Å². The first-order valence-electron chi connectivity index (χ1n) is 6.05. The van der Waals surface area contributed by atoms with Crippen LogP contribution in [0.2, 0.25) is 0 Å². The van der Waals surface area contributed by atoms with Gasteiger partial charge in [0.15, 0.2) is 6.10 Å². The summed E-state index contributed by atoms with van der Waals surface area (Å²) >= 11 is 0. The van der Waals surface area contributed by atoms with E-state index in [0.29, 0.717) is 5.75 Å². The van der Waals surface area contributed by atoms with Gasteiger partial charge in [-0.25, -0.2) is 4.79 Å². The largest absolute Gasteiger partial charge is 0.425 e. The second kappa shape index (κ2) is 6.97. The van der Waals surface area contributed by atoms with Crippen LogP contribution in [0.25, 0.3) is 6.08 Å². The highest BCUT2D eigenvalue weighted by Gasteiger charge is 2.23. The first kappa shape index (κ1) is 14.5. The Kier molecular flexibility index (Phi) is 5.59. The summed E-state index contributed by atoms with van der Waals surface area (Å²) < 4.78 is 10.4. The number of hydrogen-bond acceptors (Lipinski definition) is 3. The Morgan fingerprint density at radius 1 is 1.22 bits per heavy atom. The summed E-state index contributed by atoms with van der Waals surface area (Å²) in [5, 5.41) is 0. The molecule has 3 nitrogen and oxygen atoms in total. The summed E-state index contributed by atoms with van der Waals surface area (Å²) in [6, 6.07) is 7.36. The van der Waals surface area contributed by atoms with E-state index in [1.807, 2.05) is 45.1 Å². The van der Waals surface area contributed by atoms with E-state index in [0.717, 1.165) is 5.56 Å². The molecule has 0 saturated carbocycles. The van der Waals surface area contributed by atoms with Crippen molar-refractivity contribution in [3.63, 3.8) is 0 Å². The highest BCUT2D eigenvalue weighted by Crippen LogP contribution is 2.16. The predicted octanol–water partition coefficient (Wildman–Crippen LogP) is 3.30. The second-order valence-corrected chi connectivity index (χ2v) is 4.39. The van der Waals surface area contributed by atoms with Gasteiger partial charge in [0.25, 0.3) is 0 Å². The van der Waals surface area contributed by atoms with Crippen molar-refractivity contribution < 1.29 is 14.3 Å².